The predicted octanol–water partition coefficient (Wildman–Crippen LogP) is 5.04. The largest absolute Gasteiger partial charge is 0.440 e. The van der Waals surface area contributed by atoms with Crippen molar-refractivity contribution in [2.75, 3.05) is 11.9 Å². The molecule has 0 heterocycles. The summed E-state index contributed by atoms with van der Waals surface area (Å²) >= 11 is 0. The summed E-state index contributed by atoms with van der Waals surface area (Å²) < 4.78 is 40.1. The molecule has 0 atom stereocenters. The summed E-state index contributed by atoms with van der Waals surface area (Å²) in [6.07, 6.45) is -5.63. The monoisotopic (exact) mass is 303 g/mol. The van der Waals surface area contributed by atoms with Crippen LogP contribution in [0, 0.1) is 0 Å². The maximum absolute atomic E-state index is 12.0. The van der Waals surface area contributed by atoms with Crippen LogP contribution in [0.15, 0.2) is 18.2 Å². The van der Waals surface area contributed by atoms with Crippen molar-refractivity contribution in [3.05, 3.63) is 29.3 Å². The van der Waals surface area contributed by atoms with E-state index in [1.54, 1.807) is 6.07 Å². The third-order valence-electron chi connectivity index (χ3n) is 2.97. The fourth-order valence-corrected chi connectivity index (χ4v) is 1.83. The molecule has 1 aromatic carbocycles. The van der Waals surface area contributed by atoms with Crippen LogP contribution in [0.5, 0.6) is 0 Å². The molecule has 1 N–H and O–H groups in total. The normalized spacial score (nSPS) is 11.9. The SMILES string of the molecule is CC(C)c1ccc(NC(=O)OCC(F)(F)F)c(C(C)C)c1. The van der Waals surface area contributed by atoms with Gasteiger partial charge in [-0.3, -0.25) is 5.32 Å². The van der Waals surface area contributed by atoms with Gasteiger partial charge in [0, 0.05) is 5.69 Å². The summed E-state index contributed by atoms with van der Waals surface area (Å²) in [6.45, 7) is 6.39. The van der Waals surface area contributed by atoms with Crippen molar-refractivity contribution in [1.29, 1.82) is 0 Å². The first kappa shape index (κ1) is 17.3. The van der Waals surface area contributed by atoms with Gasteiger partial charge in [-0.25, -0.2) is 4.79 Å². The van der Waals surface area contributed by atoms with Gasteiger partial charge in [0.05, 0.1) is 0 Å². The second-order valence-corrected chi connectivity index (χ2v) is 5.47. The fourth-order valence-electron chi connectivity index (χ4n) is 1.83. The highest BCUT2D eigenvalue weighted by Gasteiger charge is 2.29. The molecule has 0 radical (unpaired) electrons. The van der Waals surface area contributed by atoms with Crippen molar-refractivity contribution in [1.82, 2.24) is 0 Å². The third kappa shape index (κ3) is 5.65. The Kier molecular flexibility index (Phi) is 5.63. The van der Waals surface area contributed by atoms with Crippen LogP contribution >= 0.6 is 0 Å². The van der Waals surface area contributed by atoms with Crippen LogP contribution in [0.4, 0.5) is 23.7 Å². The lowest BCUT2D eigenvalue weighted by molar-refractivity contribution is -0.159. The van der Waals surface area contributed by atoms with Crippen LogP contribution < -0.4 is 5.32 Å². The van der Waals surface area contributed by atoms with Gasteiger partial charge in [-0.2, -0.15) is 13.2 Å². The molecule has 0 bridgehead atoms. The Morgan fingerprint density at radius 2 is 1.81 bits per heavy atom. The maximum atomic E-state index is 12.0. The van der Waals surface area contributed by atoms with Gasteiger partial charge in [0.1, 0.15) is 0 Å². The van der Waals surface area contributed by atoms with Gasteiger partial charge in [0.25, 0.3) is 0 Å². The molecular weight excluding hydrogens is 283 g/mol. The first-order chi connectivity index (χ1) is 9.60. The van der Waals surface area contributed by atoms with Crippen molar-refractivity contribution >= 4 is 11.8 Å². The molecule has 118 valence electrons. The summed E-state index contributed by atoms with van der Waals surface area (Å²) in [6, 6.07) is 5.49. The molecule has 21 heavy (non-hydrogen) atoms. The number of halogens is 3. The molecule has 0 spiro atoms. The molecular formula is C15H20F3NO2. The van der Waals surface area contributed by atoms with Crippen LogP contribution in [-0.4, -0.2) is 18.9 Å². The number of anilines is 1. The molecule has 6 heteroatoms. The van der Waals surface area contributed by atoms with E-state index in [1.165, 1.54) is 0 Å². The number of carbonyl (C=O) groups excluding carboxylic acids is 1. The van der Waals surface area contributed by atoms with Gasteiger partial charge in [0.15, 0.2) is 6.61 Å². The highest BCUT2D eigenvalue weighted by atomic mass is 19.4. The number of rotatable bonds is 4. The van der Waals surface area contributed by atoms with Gasteiger partial charge >= 0.3 is 12.3 Å². The summed E-state index contributed by atoms with van der Waals surface area (Å²) in [7, 11) is 0. The van der Waals surface area contributed by atoms with E-state index in [2.05, 4.69) is 10.1 Å². The van der Waals surface area contributed by atoms with E-state index < -0.39 is 18.9 Å². The number of hydrogen-bond acceptors (Lipinski definition) is 2. The number of ether oxygens (including phenoxy) is 1. The van der Waals surface area contributed by atoms with Crippen molar-refractivity contribution in [2.45, 2.75) is 45.7 Å². The molecule has 1 amide bonds. The Morgan fingerprint density at radius 1 is 1.19 bits per heavy atom. The maximum Gasteiger partial charge on any atom is 0.422 e. The summed E-state index contributed by atoms with van der Waals surface area (Å²) in [5.41, 5.74) is 2.44. The summed E-state index contributed by atoms with van der Waals surface area (Å²) in [5.74, 6) is 0.454. The van der Waals surface area contributed by atoms with Crippen LogP contribution in [-0.2, 0) is 4.74 Å². The standard InChI is InChI=1S/C15H20F3NO2/c1-9(2)11-5-6-13(12(7-11)10(3)4)19-14(20)21-8-15(16,17)18/h5-7,9-10H,8H2,1-4H3,(H,19,20). The second-order valence-electron chi connectivity index (χ2n) is 5.47. The van der Waals surface area contributed by atoms with Crippen molar-refractivity contribution < 1.29 is 22.7 Å². The lowest BCUT2D eigenvalue weighted by Crippen LogP contribution is -2.23. The smallest absolute Gasteiger partial charge is 0.422 e. The first-order valence-electron chi connectivity index (χ1n) is 6.74. The number of amides is 1. The van der Waals surface area contributed by atoms with E-state index in [9.17, 15) is 18.0 Å². The van der Waals surface area contributed by atoms with Crippen LogP contribution in [0.2, 0.25) is 0 Å². The number of carbonyl (C=O) groups is 1. The third-order valence-corrected chi connectivity index (χ3v) is 2.97. The van der Waals surface area contributed by atoms with Crippen molar-refractivity contribution in [3.63, 3.8) is 0 Å². The minimum absolute atomic E-state index is 0.126. The highest BCUT2D eigenvalue weighted by molar-refractivity contribution is 5.86. The van der Waals surface area contributed by atoms with E-state index in [-0.39, 0.29) is 5.92 Å². The van der Waals surface area contributed by atoms with Gasteiger partial charge in [-0.05, 0) is 29.0 Å². The minimum Gasteiger partial charge on any atom is -0.440 e. The molecule has 0 aromatic heterocycles. The molecule has 0 saturated carbocycles. The molecule has 0 aliphatic heterocycles. The minimum atomic E-state index is -4.53. The van der Waals surface area contributed by atoms with Gasteiger partial charge in [-0.15, -0.1) is 0 Å². The van der Waals surface area contributed by atoms with E-state index in [0.29, 0.717) is 11.6 Å². The van der Waals surface area contributed by atoms with Gasteiger partial charge < -0.3 is 4.74 Å². The van der Waals surface area contributed by atoms with E-state index in [4.69, 9.17) is 0 Å². The molecule has 1 aromatic rings. The summed E-state index contributed by atoms with van der Waals surface area (Å²) in [4.78, 5) is 11.4. The zero-order valence-corrected chi connectivity index (χ0v) is 12.5. The van der Waals surface area contributed by atoms with E-state index in [1.807, 2.05) is 39.8 Å². The molecule has 0 saturated heterocycles. The van der Waals surface area contributed by atoms with Crippen LogP contribution in [0.3, 0.4) is 0 Å². The van der Waals surface area contributed by atoms with Gasteiger partial charge in [0.2, 0.25) is 0 Å². The quantitative estimate of drug-likeness (QED) is 0.845. The van der Waals surface area contributed by atoms with Gasteiger partial charge in [-0.1, -0.05) is 39.8 Å². The van der Waals surface area contributed by atoms with E-state index >= 15 is 0 Å². The number of hydrogen-bond donors (Lipinski definition) is 1. The lowest BCUT2D eigenvalue weighted by Gasteiger charge is -2.17. The zero-order chi connectivity index (χ0) is 16.2. The Bertz CT molecular complexity index is 496. The molecule has 1 rings (SSSR count). The molecule has 3 nitrogen and oxygen atoms in total. The average Bonchev–Trinajstić information content (AvgIpc) is 2.35. The van der Waals surface area contributed by atoms with E-state index in [0.717, 1.165) is 11.1 Å². The number of alkyl halides is 3. The Labute approximate surface area is 122 Å². The molecule has 0 aliphatic rings. The Balaban J connectivity index is 2.85. The fraction of sp³-hybridized carbons (Fsp3) is 0.533. The first-order valence-corrected chi connectivity index (χ1v) is 6.74. The van der Waals surface area contributed by atoms with Crippen LogP contribution in [0.1, 0.15) is 50.7 Å². The predicted molar refractivity (Wildman–Crippen MR) is 75.6 cm³/mol. The molecule has 0 fully saturated rings. The lowest BCUT2D eigenvalue weighted by atomic mass is 9.94. The van der Waals surface area contributed by atoms with Crippen molar-refractivity contribution in [3.8, 4) is 0 Å². The number of nitrogens with one attached hydrogen (secondary N) is 1. The Hall–Kier alpha value is -1.72. The Morgan fingerprint density at radius 3 is 2.29 bits per heavy atom. The second kappa shape index (κ2) is 6.83. The molecule has 0 unspecified atom stereocenters. The number of benzene rings is 1. The molecule has 0 aliphatic carbocycles. The summed E-state index contributed by atoms with van der Waals surface area (Å²) in [5, 5.41) is 2.37. The van der Waals surface area contributed by atoms with Crippen molar-refractivity contribution in [2.24, 2.45) is 0 Å². The zero-order valence-electron chi connectivity index (χ0n) is 12.5. The topological polar surface area (TPSA) is 38.3 Å². The highest BCUT2D eigenvalue weighted by Crippen LogP contribution is 2.28. The average molecular weight is 303 g/mol. The van der Waals surface area contributed by atoms with Crippen LogP contribution in [0.25, 0.3) is 0 Å².